The minimum absolute atomic E-state index is 0.0510. The molecule has 1 saturated heterocycles. The van der Waals surface area contributed by atoms with Gasteiger partial charge in [-0.3, -0.25) is 0 Å². The Balaban J connectivity index is 2.21. The van der Waals surface area contributed by atoms with Crippen LogP contribution in [0, 0.1) is 5.92 Å². The van der Waals surface area contributed by atoms with Crippen LogP contribution in [-0.2, 0) is 9.47 Å². The summed E-state index contributed by atoms with van der Waals surface area (Å²) >= 11 is 0. The van der Waals surface area contributed by atoms with Gasteiger partial charge in [-0.25, -0.2) is 0 Å². The molecule has 0 saturated carbocycles. The SMILES string of the molecule is CCCC[C@H](C)C[C@H](CO)OC1CCCCO1. The zero-order valence-electron chi connectivity index (χ0n) is 11.4. The second-order valence-electron chi connectivity index (χ2n) is 5.22. The van der Waals surface area contributed by atoms with Crippen LogP contribution in [0.15, 0.2) is 0 Å². The number of hydrogen-bond acceptors (Lipinski definition) is 3. The summed E-state index contributed by atoms with van der Waals surface area (Å²) in [5.74, 6) is 0.621. The summed E-state index contributed by atoms with van der Waals surface area (Å²) in [4.78, 5) is 0. The van der Waals surface area contributed by atoms with Crippen molar-refractivity contribution in [2.45, 2.75) is 71.2 Å². The second-order valence-corrected chi connectivity index (χ2v) is 5.22. The Morgan fingerprint density at radius 3 is 2.82 bits per heavy atom. The highest BCUT2D eigenvalue weighted by atomic mass is 16.7. The third-order valence-electron chi connectivity index (χ3n) is 3.40. The Labute approximate surface area is 105 Å². The Bertz CT molecular complexity index is 178. The molecule has 0 aromatic carbocycles. The number of aliphatic hydroxyl groups excluding tert-OH is 1. The van der Waals surface area contributed by atoms with Gasteiger partial charge in [0.25, 0.3) is 0 Å². The molecule has 0 aromatic heterocycles. The zero-order valence-corrected chi connectivity index (χ0v) is 11.4. The van der Waals surface area contributed by atoms with E-state index in [9.17, 15) is 5.11 Å². The van der Waals surface area contributed by atoms with Gasteiger partial charge in [0.2, 0.25) is 0 Å². The number of hydrogen-bond donors (Lipinski definition) is 1. The van der Waals surface area contributed by atoms with Gasteiger partial charge in [-0.05, 0) is 31.6 Å². The fourth-order valence-electron chi connectivity index (χ4n) is 2.33. The van der Waals surface area contributed by atoms with Crippen molar-refractivity contribution < 1.29 is 14.6 Å². The van der Waals surface area contributed by atoms with Gasteiger partial charge < -0.3 is 14.6 Å². The van der Waals surface area contributed by atoms with E-state index in [1.807, 2.05) is 0 Å². The van der Waals surface area contributed by atoms with E-state index in [2.05, 4.69) is 13.8 Å². The molecule has 0 bridgehead atoms. The van der Waals surface area contributed by atoms with E-state index in [4.69, 9.17) is 9.47 Å². The van der Waals surface area contributed by atoms with Crippen molar-refractivity contribution in [3.05, 3.63) is 0 Å². The van der Waals surface area contributed by atoms with Gasteiger partial charge in [-0.2, -0.15) is 0 Å². The van der Waals surface area contributed by atoms with Crippen LogP contribution >= 0.6 is 0 Å². The van der Waals surface area contributed by atoms with Gasteiger partial charge in [0.15, 0.2) is 6.29 Å². The smallest absolute Gasteiger partial charge is 0.158 e. The summed E-state index contributed by atoms with van der Waals surface area (Å²) < 4.78 is 11.4. The average Bonchev–Trinajstić information content (AvgIpc) is 2.36. The quantitative estimate of drug-likeness (QED) is 0.713. The molecule has 102 valence electrons. The van der Waals surface area contributed by atoms with Gasteiger partial charge in [-0.1, -0.05) is 33.1 Å². The fourth-order valence-corrected chi connectivity index (χ4v) is 2.33. The zero-order chi connectivity index (χ0) is 12.5. The molecule has 3 heteroatoms. The Morgan fingerprint density at radius 1 is 1.41 bits per heavy atom. The maximum atomic E-state index is 9.35. The molecule has 0 aromatic rings. The highest BCUT2D eigenvalue weighted by Crippen LogP contribution is 2.20. The maximum Gasteiger partial charge on any atom is 0.158 e. The minimum Gasteiger partial charge on any atom is -0.394 e. The molecular formula is C14H28O3. The van der Waals surface area contributed by atoms with E-state index in [0.717, 1.165) is 25.9 Å². The Hall–Kier alpha value is -0.120. The van der Waals surface area contributed by atoms with Crippen LogP contribution in [-0.4, -0.2) is 30.7 Å². The lowest BCUT2D eigenvalue weighted by Crippen LogP contribution is -2.31. The minimum atomic E-state index is -0.0840. The monoisotopic (exact) mass is 244 g/mol. The summed E-state index contributed by atoms with van der Waals surface area (Å²) in [5, 5.41) is 9.35. The van der Waals surface area contributed by atoms with Gasteiger partial charge in [0.1, 0.15) is 0 Å². The number of ether oxygens (including phenoxy) is 2. The molecule has 1 N–H and O–H groups in total. The molecule has 3 nitrogen and oxygen atoms in total. The van der Waals surface area contributed by atoms with Crippen molar-refractivity contribution in [3.8, 4) is 0 Å². The van der Waals surface area contributed by atoms with Crippen LogP contribution in [0.25, 0.3) is 0 Å². The lowest BCUT2D eigenvalue weighted by atomic mass is 9.98. The van der Waals surface area contributed by atoms with Crippen molar-refractivity contribution >= 4 is 0 Å². The Kier molecular flexibility index (Phi) is 7.82. The predicted molar refractivity (Wildman–Crippen MR) is 68.9 cm³/mol. The summed E-state index contributed by atoms with van der Waals surface area (Å²) in [7, 11) is 0. The summed E-state index contributed by atoms with van der Waals surface area (Å²) in [5.41, 5.74) is 0. The van der Waals surface area contributed by atoms with E-state index in [1.54, 1.807) is 0 Å². The van der Waals surface area contributed by atoms with E-state index in [0.29, 0.717) is 5.92 Å². The molecule has 3 atom stereocenters. The van der Waals surface area contributed by atoms with Gasteiger partial charge >= 0.3 is 0 Å². The summed E-state index contributed by atoms with van der Waals surface area (Å²) in [6, 6.07) is 0. The molecule has 17 heavy (non-hydrogen) atoms. The van der Waals surface area contributed by atoms with Crippen LogP contribution in [0.2, 0.25) is 0 Å². The van der Waals surface area contributed by atoms with Crippen LogP contribution in [0.1, 0.15) is 58.8 Å². The second kappa shape index (κ2) is 8.90. The van der Waals surface area contributed by atoms with E-state index in [1.165, 1.54) is 25.7 Å². The molecule has 1 unspecified atom stereocenters. The lowest BCUT2D eigenvalue weighted by Gasteiger charge is -2.28. The van der Waals surface area contributed by atoms with Crippen molar-refractivity contribution in [3.63, 3.8) is 0 Å². The lowest BCUT2D eigenvalue weighted by molar-refractivity contribution is -0.197. The van der Waals surface area contributed by atoms with E-state index < -0.39 is 0 Å². The van der Waals surface area contributed by atoms with Crippen molar-refractivity contribution in [2.24, 2.45) is 5.92 Å². The first-order chi connectivity index (χ1) is 8.26. The number of aliphatic hydroxyl groups is 1. The Morgan fingerprint density at radius 2 is 2.24 bits per heavy atom. The molecule has 1 aliphatic heterocycles. The molecule has 0 amide bonds. The van der Waals surface area contributed by atoms with Crippen LogP contribution in [0.5, 0.6) is 0 Å². The standard InChI is InChI=1S/C14H28O3/c1-3-4-7-12(2)10-13(11-15)17-14-8-5-6-9-16-14/h12-15H,3-11H2,1-2H3/t12-,13+,14?/m0/s1. The van der Waals surface area contributed by atoms with Gasteiger partial charge in [0.05, 0.1) is 12.7 Å². The van der Waals surface area contributed by atoms with Crippen molar-refractivity contribution in [2.75, 3.05) is 13.2 Å². The number of rotatable bonds is 8. The first-order valence-corrected chi connectivity index (χ1v) is 7.14. The highest BCUT2D eigenvalue weighted by molar-refractivity contribution is 4.65. The molecule has 0 spiro atoms. The molecule has 1 rings (SSSR count). The van der Waals surface area contributed by atoms with E-state index >= 15 is 0 Å². The first kappa shape index (κ1) is 14.9. The molecule has 1 fully saturated rings. The molecule has 0 aliphatic carbocycles. The maximum absolute atomic E-state index is 9.35. The molecule has 1 aliphatic rings. The fraction of sp³-hybridized carbons (Fsp3) is 1.00. The van der Waals surface area contributed by atoms with Crippen LogP contribution in [0.4, 0.5) is 0 Å². The van der Waals surface area contributed by atoms with Crippen LogP contribution < -0.4 is 0 Å². The van der Waals surface area contributed by atoms with E-state index in [-0.39, 0.29) is 19.0 Å². The van der Waals surface area contributed by atoms with Crippen LogP contribution in [0.3, 0.4) is 0 Å². The third kappa shape index (κ3) is 6.39. The topological polar surface area (TPSA) is 38.7 Å². The van der Waals surface area contributed by atoms with Gasteiger partial charge in [0, 0.05) is 6.61 Å². The molecular weight excluding hydrogens is 216 g/mol. The number of unbranched alkanes of at least 4 members (excludes halogenated alkanes) is 1. The predicted octanol–water partition coefficient (Wildman–Crippen LogP) is 3.11. The highest BCUT2D eigenvalue weighted by Gasteiger charge is 2.20. The first-order valence-electron chi connectivity index (χ1n) is 7.14. The summed E-state index contributed by atoms with van der Waals surface area (Å²) in [6.07, 6.45) is 7.81. The van der Waals surface area contributed by atoms with Crippen molar-refractivity contribution in [1.29, 1.82) is 0 Å². The normalized spacial score (nSPS) is 24.5. The average molecular weight is 244 g/mol. The molecule has 1 heterocycles. The third-order valence-corrected chi connectivity index (χ3v) is 3.40. The van der Waals surface area contributed by atoms with Crippen molar-refractivity contribution in [1.82, 2.24) is 0 Å². The van der Waals surface area contributed by atoms with Gasteiger partial charge in [-0.15, -0.1) is 0 Å². The largest absolute Gasteiger partial charge is 0.394 e. The summed E-state index contributed by atoms with van der Waals surface area (Å²) in [6.45, 7) is 5.36. The molecule has 0 radical (unpaired) electrons.